The van der Waals surface area contributed by atoms with Gasteiger partial charge in [-0.05, 0) is 37.8 Å². The molecule has 1 aliphatic heterocycles. The SMILES string of the molecule is Cc1cccc(C)c1N1CC2(C(=O)O)CCC2C1=O. The number of nitrogens with zero attached hydrogens (tertiary/aromatic N) is 1. The largest absolute Gasteiger partial charge is 0.481 e. The lowest BCUT2D eigenvalue weighted by Crippen LogP contribution is -2.46. The number of carboxylic acid groups (broad SMARTS) is 1. The van der Waals surface area contributed by atoms with Crippen molar-refractivity contribution in [3.05, 3.63) is 29.3 Å². The third-order valence-corrected chi connectivity index (χ3v) is 4.69. The molecule has 2 unspecified atom stereocenters. The van der Waals surface area contributed by atoms with E-state index >= 15 is 0 Å². The van der Waals surface area contributed by atoms with Crippen LogP contribution in [0.3, 0.4) is 0 Å². The highest BCUT2D eigenvalue weighted by atomic mass is 16.4. The van der Waals surface area contributed by atoms with Gasteiger partial charge in [-0.15, -0.1) is 0 Å². The highest BCUT2D eigenvalue weighted by Gasteiger charge is 2.63. The summed E-state index contributed by atoms with van der Waals surface area (Å²) in [4.78, 5) is 25.6. The van der Waals surface area contributed by atoms with Gasteiger partial charge in [0.05, 0.1) is 11.3 Å². The zero-order valence-electron chi connectivity index (χ0n) is 11.1. The van der Waals surface area contributed by atoms with E-state index in [9.17, 15) is 14.7 Å². The summed E-state index contributed by atoms with van der Waals surface area (Å²) in [6.07, 6.45) is 1.31. The zero-order chi connectivity index (χ0) is 13.8. The summed E-state index contributed by atoms with van der Waals surface area (Å²) in [5.41, 5.74) is 2.10. The molecule has 1 aromatic carbocycles. The second-order valence-electron chi connectivity index (χ2n) is 5.72. The Hall–Kier alpha value is -1.84. The molecule has 1 amide bonds. The lowest BCUT2D eigenvalue weighted by molar-refractivity contribution is -0.159. The first-order chi connectivity index (χ1) is 8.97. The second kappa shape index (κ2) is 3.83. The fourth-order valence-electron chi connectivity index (χ4n) is 3.48. The molecule has 0 spiro atoms. The monoisotopic (exact) mass is 259 g/mol. The maximum atomic E-state index is 12.4. The van der Waals surface area contributed by atoms with Gasteiger partial charge < -0.3 is 10.0 Å². The minimum atomic E-state index is -0.841. The Bertz CT molecular complexity index is 561. The fraction of sp³-hybridized carbons (Fsp3) is 0.467. The molecule has 3 rings (SSSR count). The number of benzene rings is 1. The van der Waals surface area contributed by atoms with Gasteiger partial charge in [0.2, 0.25) is 5.91 Å². The van der Waals surface area contributed by atoms with Crippen LogP contribution >= 0.6 is 0 Å². The van der Waals surface area contributed by atoms with Gasteiger partial charge in [0, 0.05) is 12.2 Å². The van der Waals surface area contributed by atoms with Crippen LogP contribution in [-0.2, 0) is 9.59 Å². The summed E-state index contributed by atoms with van der Waals surface area (Å²) < 4.78 is 0. The molecule has 2 aliphatic rings. The predicted molar refractivity (Wildman–Crippen MR) is 71.1 cm³/mol. The molecule has 2 fully saturated rings. The van der Waals surface area contributed by atoms with E-state index in [1.807, 2.05) is 32.0 Å². The van der Waals surface area contributed by atoms with Crippen molar-refractivity contribution in [1.29, 1.82) is 0 Å². The van der Waals surface area contributed by atoms with Crippen LogP contribution < -0.4 is 4.90 Å². The van der Waals surface area contributed by atoms with Crippen molar-refractivity contribution >= 4 is 17.6 Å². The van der Waals surface area contributed by atoms with Crippen molar-refractivity contribution < 1.29 is 14.7 Å². The molecule has 1 aliphatic carbocycles. The van der Waals surface area contributed by atoms with E-state index in [0.29, 0.717) is 19.4 Å². The summed E-state index contributed by atoms with van der Waals surface area (Å²) in [6.45, 7) is 4.24. The van der Waals surface area contributed by atoms with E-state index in [4.69, 9.17) is 0 Å². The number of hydrogen-bond donors (Lipinski definition) is 1. The Labute approximate surface area is 112 Å². The summed E-state index contributed by atoms with van der Waals surface area (Å²) in [6, 6.07) is 5.88. The number of carbonyl (C=O) groups excluding carboxylic acids is 1. The van der Waals surface area contributed by atoms with Gasteiger partial charge in [0.25, 0.3) is 0 Å². The Morgan fingerprint density at radius 3 is 2.42 bits per heavy atom. The van der Waals surface area contributed by atoms with E-state index in [0.717, 1.165) is 16.8 Å². The molecule has 1 saturated carbocycles. The topological polar surface area (TPSA) is 57.6 Å². The Balaban J connectivity index is 2.04. The van der Waals surface area contributed by atoms with Gasteiger partial charge in [-0.3, -0.25) is 9.59 Å². The van der Waals surface area contributed by atoms with Crippen LogP contribution in [-0.4, -0.2) is 23.5 Å². The van der Waals surface area contributed by atoms with Crippen LogP contribution in [0.1, 0.15) is 24.0 Å². The average molecular weight is 259 g/mol. The van der Waals surface area contributed by atoms with Crippen molar-refractivity contribution in [3.8, 4) is 0 Å². The van der Waals surface area contributed by atoms with Crippen LogP contribution in [0.25, 0.3) is 0 Å². The van der Waals surface area contributed by atoms with Gasteiger partial charge >= 0.3 is 5.97 Å². The Morgan fingerprint density at radius 2 is 2.00 bits per heavy atom. The highest BCUT2D eigenvalue weighted by Crippen LogP contribution is 2.54. The molecule has 0 bridgehead atoms. The zero-order valence-corrected chi connectivity index (χ0v) is 11.1. The number of hydrogen-bond acceptors (Lipinski definition) is 2. The van der Waals surface area contributed by atoms with E-state index in [2.05, 4.69) is 0 Å². The van der Waals surface area contributed by atoms with Crippen LogP contribution in [0.5, 0.6) is 0 Å². The normalized spacial score (nSPS) is 29.1. The fourth-order valence-corrected chi connectivity index (χ4v) is 3.48. The summed E-state index contributed by atoms with van der Waals surface area (Å²) in [5, 5.41) is 9.44. The minimum absolute atomic E-state index is 0.0222. The molecule has 4 heteroatoms. The van der Waals surface area contributed by atoms with E-state index in [1.54, 1.807) is 4.90 Å². The molecule has 1 aromatic rings. The standard InChI is InChI=1S/C15H17NO3/c1-9-4-3-5-10(2)12(9)16-8-15(14(18)19)7-6-11(15)13(16)17/h3-5,11H,6-8H2,1-2H3,(H,18,19). The molecule has 19 heavy (non-hydrogen) atoms. The first-order valence-corrected chi connectivity index (χ1v) is 6.58. The summed E-state index contributed by atoms with van der Waals surface area (Å²) in [7, 11) is 0. The Morgan fingerprint density at radius 1 is 1.37 bits per heavy atom. The maximum absolute atomic E-state index is 12.4. The second-order valence-corrected chi connectivity index (χ2v) is 5.72. The third-order valence-electron chi connectivity index (χ3n) is 4.69. The van der Waals surface area contributed by atoms with Crippen LogP contribution in [0.2, 0.25) is 0 Å². The molecular formula is C15H17NO3. The van der Waals surface area contributed by atoms with Crippen molar-refractivity contribution in [2.45, 2.75) is 26.7 Å². The average Bonchev–Trinajstić information content (AvgIpc) is 2.48. The molecular weight excluding hydrogens is 242 g/mol. The van der Waals surface area contributed by atoms with Gasteiger partial charge in [-0.2, -0.15) is 0 Å². The van der Waals surface area contributed by atoms with Gasteiger partial charge in [-0.1, -0.05) is 18.2 Å². The first-order valence-electron chi connectivity index (χ1n) is 6.58. The predicted octanol–water partition coefficient (Wildman–Crippen LogP) is 2.13. The molecule has 1 saturated heterocycles. The summed E-state index contributed by atoms with van der Waals surface area (Å²) >= 11 is 0. The Kier molecular flexibility index (Phi) is 2.46. The number of aryl methyl sites for hydroxylation is 2. The van der Waals surface area contributed by atoms with E-state index in [-0.39, 0.29) is 11.8 Å². The third kappa shape index (κ3) is 1.46. The number of rotatable bonds is 2. The van der Waals surface area contributed by atoms with Crippen molar-refractivity contribution in [1.82, 2.24) is 0 Å². The molecule has 2 atom stereocenters. The maximum Gasteiger partial charge on any atom is 0.312 e. The number of fused-ring (bicyclic) bond motifs is 1. The minimum Gasteiger partial charge on any atom is -0.481 e. The molecule has 0 aromatic heterocycles. The van der Waals surface area contributed by atoms with Crippen LogP contribution in [0, 0.1) is 25.2 Å². The smallest absolute Gasteiger partial charge is 0.312 e. The summed E-state index contributed by atoms with van der Waals surface area (Å²) in [5.74, 6) is -1.18. The molecule has 1 heterocycles. The number of anilines is 1. The number of aliphatic carboxylic acids is 1. The number of carboxylic acids is 1. The number of para-hydroxylation sites is 1. The van der Waals surface area contributed by atoms with Crippen molar-refractivity contribution in [3.63, 3.8) is 0 Å². The molecule has 4 nitrogen and oxygen atoms in total. The lowest BCUT2D eigenvalue weighted by atomic mass is 9.62. The van der Waals surface area contributed by atoms with E-state index < -0.39 is 11.4 Å². The van der Waals surface area contributed by atoms with E-state index in [1.165, 1.54) is 0 Å². The van der Waals surface area contributed by atoms with Crippen LogP contribution in [0.4, 0.5) is 5.69 Å². The van der Waals surface area contributed by atoms with Crippen molar-refractivity contribution in [2.24, 2.45) is 11.3 Å². The first kappa shape index (κ1) is 12.2. The number of carbonyl (C=O) groups is 2. The lowest BCUT2D eigenvalue weighted by Gasteiger charge is -2.37. The van der Waals surface area contributed by atoms with Crippen LogP contribution in [0.15, 0.2) is 18.2 Å². The quantitative estimate of drug-likeness (QED) is 0.885. The molecule has 1 N–H and O–H groups in total. The van der Waals surface area contributed by atoms with Gasteiger partial charge in [0.1, 0.15) is 0 Å². The van der Waals surface area contributed by atoms with Gasteiger partial charge in [-0.25, -0.2) is 0 Å². The molecule has 0 radical (unpaired) electrons. The highest BCUT2D eigenvalue weighted by molar-refractivity contribution is 6.04. The number of amides is 1. The molecule has 100 valence electrons. The van der Waals surface area contributed by atoms with Gasteiger partial charge in [0.15, 0.2) is 0 Å². The van der Waals surface area contributed by atoms with Crippen molar-refractivity contribution in [2.75, 3.05) is 11.4 Å².